The van der Waals surface area contributed by atoms with E-state index in [1.165, 1.54) is 0 Å². The summed E-state index contributed by atoms with van der Waals surface area (Å²) in [6, 6.07) is 16.0. The summed E-state index contributed by atoms with van der Waals surface area (Å²) in [5.41, 5.74) is 2.47. The summed E-state index contributed by atoms with van der Waals surface area (Å²) >= 11 is 1.66. The third-order valence-corrected chi connectivity index (χ3v) is 6.27. The summed E-state index contributed by atoms with van der Waals surface area (Å²) in [4.78, 5) is 16.2. The van der Waals surface area contributed by atoms with Gasteiger partial charge in [0.25, 0.3) is 5.91 Å². The van der Waals surface area contributed by atoms with Gasteiger partial charge in [-0.25, -0.2) is 4.68 Å². The van der Waals surface area contributed by atoms with Crippen molar-refractivity contribution < 1.29 is 4.79 Å². The Morgan fingerprint density at radius 2 is 1.81 bits per heavy atom. The predicted molar refractivity (Wildman–Crippen MR) is 110 cm³/mol. The first-order chi connectivity index (χ1) is 12.8. The van der Waals surface area contributed by atoms with Gasteiger partial charge < -0.3 is 10.2 Å². The number of aromatic nitrogens is 2. The largest absolute Gasteiger partial charge is 0.337 e. The number of amides is 1. The fourth-order valence-electron chi connectivity index (χ4n) is 4.03. The van der Waals surface area contributed by atoms with Crippen LogP contribution in [0.5, 0.6) is 0 Å². The molecule has 140 valence electrons. The molecule has 4 heterocycles. The Balaban J connectivity index is 0.00000180. The van der Waals surface area contributed by atoms with E-state index in [0.29, 0.717) is 17.5 Å². The van der Waals surface area contributed by atoms with Gasteiger partial charge in [0.1, 0.15) is 0 Å². The van der Waals surface area contributed by atoms with Gasteiger partial charge >= 0.3 is 0 Å². The molecule has 0 radical (unpaired) electrons. The van der Waals surface area contributed by atoms with Crippen LogP contribution in [0.15, 0.2) is 53.9 Å². The van der Waals surface area contributed by atoms with E-state index in [0.717, 1.165) is 42.4 Å². The van der Waals surface area contributed by atoms with E-state index in [2.05, 4.69) is 11.4 Å². The Hall–Kier alpha value is -2.15. The van der Waals surface area contributed by atoms with Crippen molar-refractivity contribution in [3.63, 3.8) is 0 Å². The maximum Gasteiger partial charge on any atom is 0.274 e. The molecule has 2 fully saturated rings. The lowest BCUT2D eigenvalue weighted by atomic mass is 10.0. The van der Waals surface area contributed by atoms with Crippen LogP contribution in [0.25, 0.3) is 16.3 Å². The molecule has 1 aromatic carbocycles. The van der Waals surface area contributed by atoms with Crippen molar-refractivity contribution in [3.05, 3.63) is 59.6 Å². The summed E-state index contributed by atoms with van der Waals surface area (Å²) < 4.78 is 1.89. The summed E-state index contributed by atoms with van der Waals surface area (Å²) in [6.45, 7) is 3.72. The molecule has 2 aliphatic rings. The van der Waals surface area contributed by atoms with E-state index in [4.69, 9.17) is 5.10 Å². The van der Waals surface area contributed by atoms with E-state index in [-0.39, 0.29) is 18.3 Å². The number of nitrogens with one attached hydrogen (secondary N) is 1. The van der Waals surface area contributed by atoms with Crippen LogP contribution in [0, 0.1) is 11.8 Å². The number of halogens is 1. The number of hydrogen-bond donors (Lipinski definition) is 1. The van der Waals surface area contributed by atoms with E-state index in [1.54, 1.807) is 11.3 Å². The lowest BCUT2D eigenvalue weighted by Crippen LogP contribution is -2.32. The Morgan fingerprint density at radius 1 is 1.07 bits per heavy atom. The summed E-state index contributed by atoms with van der Waals surface area (Å²) in [6.07, 6.45) is 0. The highest BCUT2D eigenvalue weighted by molar-refractivity contribution is 7.13. The van der Waals surface area contributed by atoms with Crippen molar-refractivity contribution in [1.29, 1.82) is 0 Å². The highest BCUT2D eigenvalue weighted by Crippen LogP contribution is 2.30. The van der Waals surface area contributed by atoms with Crippen molar-refractivity contribution in [3.8, 4) is 16.3 Å². The lowest BCUT2D eigenvalue weighted by molar-refractivity contribution is 0.0775. The summed E-state index contributed by atoms with van der Waals surface area (Å²) in [7, 11) is 0. The van der Waals surface area contributed by atoms with Crippen LogP contribution in [0.2, 0.25) is 0 Å². The van der Waals surface area contributed by atoms with E-state index < -0.39 is 0 Å². The molecule has 0 spiro atoms. The first kappa shape index (κ1) is 18.2. The molecule has 2 aliphatic heterocycles. The minimum Gasteiger partial charge on any atom is -0.337 e. The molecular weight excluding hydrogens is 380 g/mol. The highest BCUT2D eigenvalue weighted by atomic mass is 35.5. The van der Waals surface area contributed by atoms with Gasteiger partial charge in [0, 0.05) is 26.2 Å². The van der Waals surface area contributed by atoms with Gasteiger partial charge in [0.2, 0.25) is 0 Å². The van der Waals surface area contributed by atoms with Crippen molar-refractivity contribution >= 4 is 29.7 Å². The number of thiophene rings is 1. The molecule has 1 amide bonds. The Labute approximate surface area is 168 Å². The molecular formula is C20H21ClN4OS. The molecule has 3 aromatic rings. The van der Waals surface area contributed by atoms with Crippen LogP contribution in [0.3, 0.4) is 0 Å². The molecule has 7 heteroatoms. The van der Waals surface area contributed by atoms with Gasteiger partial charge in [-0.15, -0.1) is 23.7 Å². The van der Waals surface area contributed by atoms with Crippen LogP contribution in [-0.4, -0.2) is 46.8 Å². The van der Waals surface area contributed by atoms with Crippen LogP contribution < -0.4 is 5.32 Å². The fraction of sp³-hybridized carbons (Fsp3) is 0.300. The molecule has 2 atom stereocenters. The number of fused-ring (bicyclic) bond motifs is 1. The standard InChI is InChI=1S/C20H20N4OS.ClH/c25-20(23-12-14-10-21-11-15(14)13-23)17-9-18(19-7-4-8-26-19)24(22-17)16-5-2-1-3-6-16;/h1-9,14-15,21H,10-13H2;1H/t14-,15+;. The zero-order valence-corrected chi connectivity index (χ0v) is 16.4. The molecule has 0 unspecified atom stereocenters. The molecule has 0 bridgehead atoms. The van der Waals surface area contributed by atoms with Crippen LogP contribution in [-0.2, 0) is 0 Å². The number of carbonyl (C=O) groups excluding carboxylic acids is 1. The first-order valence-corrected chi connectivity index (χ1v) is 9.87. The highest BCUT2D eigenvalue weighted by Gasteiger charge is 2.39. The maximum atomic E-state index is 13.1. The maximum absolute atomic E-state index is 13.1. The summed E-state index contributed by atoms with van der Waals surface area (Å²) in [5.74, 6) is 1.23. The smallest absolute Gasteiger partial charge is 0.274 e. The second-order valence-corrected chi connectivity index (χ2v) is 7.98. The lowest BCUT2D eigenvalue weighted by Gasteiger charge is -2.15. The zero-order chi connectivity index (χ0) is 17.5. The molecule has 1 N–H and O–H groups in total. The van der Waals surface area contributed by atoms with Gasteiger partial charge in [0.05, 0.1) is 16.3 Å². The van der Waals surface area contributed by atoms with E-state index in [9.17, 15) is 4.79 Å². The first-order valence-electron chi connectivity index (χ1n) is 8.99. The van der Waals surface area contributed by atoms with Crippen LogP contribution in [0.4, 0.5) is 0 Å². The van der Waals surface area contributed by atoms with Crippen molar-refractivity contribution in [1.82, 2.24) is 20.0 Å². The van der Waals surface area contributed by atoms with E-state index >= 15 is 0 Å². The number of hydrogen-bond acceptors (Lipinski definition) is 4. The van der Waals surface area contributed by atoms with Crippen molar-refractivity contribution in [2.24, 2.45) is 11.8 Å². The van der Waals surface area contributed by atoms with Crippen LogP contribution in [0.1, 0.15) is 10.5 Å². The number of benzene rings is 1. The molecule has 0 saturated carbocycles. The summed E-state index contributed by atoms with van der Waals surface area (Å²) in [5, 5.41) is 10.2. The van der Waals surface area contributed by atoms with Gasteiger partial charge in [-0.2, -0.15) is 5.10 Å². The van der Waals surface area contributed by atoms with Gasteiger partial charge in [0.15, 0.2) is 5.69 Å². The molecule has 0 aliphatic carbocycles. The normalized spacial score (nSPS) is 21.1. The number of carbonyl (C=O) groups is 1. The molecule has 27 heavy (non-hydrogen) atoms. The third kappa shape index (κ3) is 3.29. The minimum atomic E-state index is 0. The molecule has 2 saturated heterocycles. The molecule has 5 rings (SSSR count). The second kappa shape index (κ2) is 7.46. The Bertz CT molecular complexity index is 913. The van der Waals surface area contributed by atoms with Gasteiger partial charge in [-0.3, -0.25) is 4.79 Å². The Morgan fingerprint density at radius 3 is 2.48 bits per heavy atom. The quantitative estimate of drug-likeness (QED) is 0.733. The average molecular weight is 401 g/mol. The van der Waals surface area contributed by atoms with Gasteiger partial charge in [-0.05, 0) is 41.5 Å². The number of para-hydroxylation sites is 1. The van der Waals surface area contributed by atoms with Crippen molar-refractivity contribution in [2.45, 2.75) is 0 Å². The number of nitrogens with zero attached hydrogens (tertiary/aromatic N) is 3. The SMILES string of the molecule is Cl.O=C(c1cc(-c2cccs2)n(-c2ccccc2)n1)N1C[C@H]2CNC[C@H]2C1. The van der Waals surface area contributed by atoms with Crippen molar-refractivity contribution in [2.75, 3.05) is 26.2 Å². The molecule has 2 aromatic heterocycles. The number of rotatable bonds is 3. The van der Waals surface area contributed by atoms with E-state index in [1.807, 2.05) is 57.4 Å². The monoisotopic (exact) mass is 400 g/mol. The predicted octanol–water partition coefficient (Wildman–Crippen LogP) is 3.31. The number of likely N-dealkylation sites (tertiary alicyclic amines) is 1. The average Bonchev–Trinajstić information content (AvgIpc) is 3.44. The zero-order valence-electron chi connectivity index (χ0n) is 14.7. The minimum absolute atomic E-state index is 0. The van der Waals surface area contributed by atoms with Crippen LogP contribution >= 0.6 is 23.7 Å². The second-order valence-electron chi connectivity index (χ2n) is 7.03. The topological polar surface area (TPSA) is 50.2 Å². The molecule has 5 nitrogen and oxygen atoms in total. The third-order valence-electron chi connectivity index (χ3n) is 5.38. The fourth-order valence-corrected chi connectivity index (χ4v) is 4.76. The van der Waals surface area contributed by atoms with Gasteiger partial charge in [-0.1, -0.05) is 24.3 Å². The Kier molecular flexibility index (Phi) is 5.04.